The van der Waals surface area contributed by atoms with Crippen LogP contribution in [0.2, 0.25) is 0 Å². The number of carbonyl (C=O) groups excluding carboxylic acids is 1. The largest absolute Gasteiger partial charge is 0.370 e. The number of rotatable bonds is 5. The van der Waals surface area contributed by atoms with Gasteiger partial charge in [0.25, 0.3) is 0 Å². The maximum atomic E-state index is 10.6. The normalized spacial score (nSPS) is 10.5. The molecule has 1 aromatic carbocycles. The third kappa shape index (κ3) is 2.99. The van der Waals surface area contributed by atoms with Gasteiger partial charge in [-0.1, -0.05) is 0 Å². The van der Waals surface area contributed by atoms with Crippen molar-refractivity contribution in [2.75, 3.05) is 13.2 Å². The number of hydrogen-bond donors (Lipinski definition) is 2. The SMILES string of the molecule is N#Cc1ccc2[nH]c(=S)n(CCOCC(N)=O)c2c1. The number of nitrogens with one attached hydrogen (secondary N) is 1. The first-order valence-corrected chi connectivity index (χ1v) is 6.01. The summed E-state index contributed by atoms with van der Waals surface area (Å²) < 4.78 is 7.48. The van der Waals surface area contributed by atoms with E-state index in [0.717, 1.165) is 11.0 Å². The number of imidazole rings is 1. The van der Waals surface area contributed by atoms with Crippen molar-refractivity contribution in [2.45, 2.75) is 6.54 Å². The highest BCUT2D eigenvalue weighted by Crippen LogP contribution is 2.15. The molecular weight excluding hydrogens is 264 g/mol. The lowest BCUT2D eigenvalue weighted by molar-refractivity contribution is -0.122. The Bertz CT molecular complexity index is 711. The number of carbonyl (C=O) groups is 1. The zero-order valence-electron chi connectivity index (χ0n) is 10.0. The molecule has 6 nitrogen and oxygen atoms in total. The Morgan fingerprint density at radius 3 is 3.05 bits per heavy atom. The van der Waals surface area contributed by atoms with Crippen molar-refractivity contribution in [3.63, 3.8) is 0 Å². The minimum atomic E-state index is -0.505. The number of primary amides is 1. The van der Waals surface area contributed by atoms with E-state index in [4.69, 9.17) is 28.0 Å². The molecule has 0 atom stereocenters. The molecule has 1 aromatic heterocycles. The topological polar surface area (TPSA) is 96.8 Å². The lowest BCUT2D eigenvalue weighted by atomic mass is 10.2. The Kier molecular flexibility index (Phi) is 3.94. The Morgan fingerprint density at radius 1 is 1.58 bits per heavy atom. The van der Waals surface area contributed by atoms with Gasteiger partial charge >= 0.3 is 0 Å². The van der Waals surface area contributed by atoms with Crippen molar-refractivity contribution in [3.05, 3.63) is 28.5 Å². The van der Waals surface area contributed by atoms with Gasteiger partial charge in [-0.2, -0.15) is 5.26 Å². The van der Waals surface area contributed by atoms with E-state index >= 15 is 0 Å². The van der Waals surface area contributed by atoms with Gasteiger partial charge in [0.15, 0.2) is 4.77 Å². The van der Waals surface area contributed by atoms with Gasteiger partial charge in [-0.25, -0.2) is 0 Å². The molecule has 0 saturated carbocycles. The number of benzene rings is 1. The summed E-state index contributed by atoms with van der Waals surface area (Å²) in [5, 5.41) is 8.90. The molecule has 0 unspecified atom stereocenters. The highest BCUT2D eigenvalue weighted by atomic mass is 32.1. The second-order valence-corrected chi connectivity index (χ2v) is 4.33. The first kappa shape index (κ1) is 13.3. The average Bonchev–Trinajstić information content (AvgIpc) is 2.69. The molecule has 2 rings (SSSR count). The molecule has 0 saturated heterocycles. The molecular formula is C12H12N4O2S. The maximum Gasteiger partial charge on any atom is 0.243 e. The number of amides is 1. The number of ether oxygens (including phenoxy) is 1. The second kappa shape index (κ2) is 5.65. The Hall–Kier alpha value is -2.17. The van der Waals surface area contributed by atoms with Crippen molar-refractivity contribution in [1.82, 2.24) is 9.55 Å². The van der Waals surface area contributed by atoms with Crippen LogP contribution in [0.25, 0.3) is 11.0 Å². The first-order chi connectivity index (χ1) is 9.11. The third-order valence-corrected chi connectivity index (χ3v) is 2.93. The summed E-state index contributed by atoms with van der Waals surface area (Å²) in [6, 6.07) is 7.38. The van der Waals surface area contributed by atoms with E-state index in [1.165, 1.54) is 0 Å². The van der Waals surface area contributed by atoms with Gasteiger partial charge in [0.1, 0.15) is 6.61 Å². The summed E-state index contributed by atoms with van der Waals surface area (Å²) in [5.41, 5.74) is 7.24. The molecule has 3 N–H and O–H groups in total. The van der Waals surface area contributed by atoms with Crippen molar-refractivity contribution in [3.8, 4) is 6.07 Å². The Morgan fingerprint density at radius 2 is 2.37 bits per heavy atom. The highest BCUT2D eigenvalue weighted by molar-refractivity contribution is 7.71. The number of aromatic amines is 1. The number of hydrogen-bond acceptors (Lipinski definition) is 4. The van der Waals surface area contributed by atoms with Crippen LogP contribution in [0.1, 0.15) is 5.56 Å². The maximum absolute atomic E-state index is 10.6. The van der Waals surface area contributed by atoms with Crippen molar-refractivity contribution in [2.24, 2.45) is 5.73 Å². The lowest BCUT2D eigenvalue weighted by Crippen LogP contribution is -2.19. The highest BCUT2D eigenvalue weighted by Gasteiger charge is 2.05. The molecule has 98 valence electrons. The monoisotopic (exact) mass is 276 g/mol. The van der Waals surface area contributed by atoms with Gasteiger partial charge < -0.3 is 20.0 Å². The molecule has 2 aromatic rings. The number of fused-ring (bicyclic) bond motifs is 1. The van der Waals surface area contributed by atoms with Gasteiger partial charge in [0, 0.05) is 6.54 Å². The minimum absolute atomic E-state index is 0.112. The summed E-state index contributed by atoms with van der Waals surface area (Å²) in [7, 11) is 0. The molecule has 0 aliphatic carbocycles. The Balaban J connectivity index is 2.22. The Labute approximate surface area is 114 Å². The average molecular weight is 276 g/mol. The molecule has 0 aliphatic heterocycles. The summed E-state index contributed by atoms with van der Waals surface area (Å²) in [4.78, 5) is 13.6. The molecule has 0 fully saturated rings. The van der Waals surface area contributed by atoms with Gasteiger partial charge in [0.05, 0.1) is 29.3 Å². The molecule has 0 spiro atoms. The first-order valence-electron chi connectivity index (χ1n) is 5.60. The number of aromatic nitrogens is 2. The van der Waals surface area contributed by atoms with Crippen LogP contribution in [0.15, 0.2) is 18.2 Å². The molecule has 1 heterocycles. The number of H-pyrrole nitrogens is 1. The number of nitrogens with zero attached hydrogens (tertiary/aromatic N) is 2. The standard InChI is InChI=1S/C12H12N4O2S/c13-6-8-1-2-9-10(5-8)16(12(19)15-9)3-4-18-7-11(14)17/h1-2,5H,3-4,7H2,(H2,14,17)(H,15,19). The molecule has 19 heavy (non-hydrogen) atoms. The fourth-order valence-corrected chi connectivity index (χ4v) is 2.07. The minimum Gasteiger partial charge on any atom is -0.370 e. The van der Waals surface area contributed by atoms with Crippen molar-refractivity contribution in [1.29, 1.82) is 5.26 Å². The van der Waals surface area contributed by atoms with Gasteiger partial charge in [-0.15, -0.1) is 0 Å². The van der Waals surface area contributed by atoms with Crippen LogP contribution in [-0.2, 0) is 16.1 Å². The molecule has 1 amide bonds. The predicted molar refractivity (Wildman–Crippen MR) is 71.9 cm³/mol. The smallest absolute Gasteiger partial charge is 0.243 e. The van der Waals surface area contributed by atoms with Crippen LogP contribution in [0.4, 0.5) is 0 Å². The van der Waals surface area contributed by atoms with E-state index in [1.54, 1.807) is 12.1 Å². The van der Waals surface area contributed by atoms with Crippen molar-refractivity contribution < 1.29 is 9.53 Å². The fraction of sp³-hybridized carbons (Fsp3) is 0.250. The van der Waals surface area contributed by atoms with Gasteiger partial charge in [0.2, 0.25) is 5.91 Å². The van der Waals surface area contributed by atoms with Crippen LogP contribution < -0.4 is 5.73 Å². The van der Waals surface area contributed by atoms with Gasteiger partial charge in [-0.05, 0) is 30.4 Å². The summed E-state index contributed by atoms with van der Waals surface area (Å²) in [6.45, 7) is 0.696. The fourth-order valence-electron chi connectivity index (χ4n) is 1.77. The van der Waals surface area contributed by atoms with Crippen LogP contribution in [-0.4, -0.2) is 28.7 Å². The third-order valence-electron chi connectivity index (χ3n) is 2.61. The number of nitrogens with two attached hydrogens (primary N) is 1. The van der Waals surface area contributed by atoms with Crippen LogP contribution >= 0.6 is 12.2 Å². The van der Waals surface area contributed by atoms with E-state index in [2.05, 4.69) is 11.1 Å². The van der Waals surface area contributed by atoms with E-state index in [1.807, 2.05) is 10.6 Å². The quantitative estimate of drug-likeness (QED) is 0.630. The van der Waals surface area contributed by atoms with E-state index in [9.17, 15) is 4.79 Å². The predicted octanol–water partition coefficient (Wildman–Crippen LogP) is 1.07. The molecule has 0 aliphatic rings. The second-order valence-electron chi connectivity index (χ2n) is 3.94. The van der Waals surface area contributed by atoms with Gasteiger partial charge in [-0.3, -0.25) is 4.79 Å². The summed E-state index contributed by atoms with van der Waals surface area (Å²) in [5.74, 6) is -0.505. The van der Waals surface area contributed by atoms with E-state index in [-0.39, 0.29) is 6.61 Å². The molecule has 7 heteroatoms. The van der Waals surface area contributed by atoms with Crippen LogP contribution in [0.5, 0.6) is 0 Å². The molecule has 0 bridgehead atoms. The van der Waals surface area contributed by atoms with Crippen LogP contribution in [0, 0.1) is 16.1 Å². The summed E-state index contributed by atoms with van der Waals surface area (Å²) >= 11 is 5.21. The van der Waals surface area contributed by atoms with Crippen LogP contribution in [0.3, 0.4) is 0 Å². The molecule has 0 radical (unpaired) electrons. The van der Waals surface area contributed by atoms with E-state index < -0.39 is 5.91 Å². The lowest BCUT2D eigenvalue weighted by Gasteiger charge is -2.05. The van der Waals surface area contributed by atoms with Crippen molar-refractivity contribution >= 4 is 29.2 Å². The zero-order valence-corrected chi connectivity index (χ0v) is 10.9. The summed E-state index contributed by atoms with van der Waals surface area (Å²) in [6.07, 6.45) is 0. The number of nitriles is 1. The van der Waals surface area contributed by atoms with E-state index in [0.29, 0.717) is 23.5 Å². The zero-order chi connectivity index (χ0) is 13.8.